The van der Waals surface area contributed by atoms with E-state index < -0.39 is 0 Å². The summed E-state index contributed by atoms with van der Waals surface area (Å²) in [7, 11) is 0. The van der Waals surface area contributed by atoms with Gasteiger partial charge in [-0.15, -0.1) is 0 Å². The lowest BCUT2D eigenvalue weighted by atomic mass is 10.1. The predicted octanol–water partition coefficient (Wildman–Crippen LogP) is 2.33. The highest BCUT2D eigenvalue weighted by Gasteiger charge is 2.02. The SMILES string of the molecule is CC(=N)OC(=N)c1ccc(C)cc1. The van der Waals surface area contributed by atoms with Gasteiger partial charge in [-0.3, -0.25) is 10.8 Å². The van der Waals surface area contributed by atoms with E-state index in [1.165, 1.54) is 6.92 Å². The third kappa shape index (κ3) is 2.71. The molecular weight excluding hydrogens is 164 g/mol. The Bertz CT molecular complexity index is 327. The number of nitrogens with one attached hydrogen (secondary N) is 2. The van der Waals surface area contributed by atoms with Crippen molar-refractivity contribution in [2.24, 2.45) is 0 Å². The third-order valence-electron chi connectivity index (χ3n) is 1.57. The summed E-state index contributed by atoms with van der Waals surface area (Å²) < 4.78 is 4.84. The van der Waals surface area contributed by atoms with Crippen molar-refractivity contribution in [2.75, 3.05) is 0 Å². The lowest BCUT2D eigenvalue weighted by Gasteiger charge is -2.04. The van der Waals surface area contributed by atoms with Crippen molar-refractivity contribution in [2.45, 2.75) is 13.8 Å². The molecule has 3 nitrogen and oxygen atoms in total. The lowest BCUT2D eigenvalue weighted by Crippen LogP contribution is -2.08. The van der Waals surface area contributed by atoms with Crippen molar-refractivity contribution in [3.05, 3.63) is 35.4 Å². The largest absolute Gasteiger partial charge is 0.426 e. The zero-order valence-corrected chi connectivity index (χ0v) is 7.72. The van der Waals surface area contributed by atoms with E-state index in [0.29, 0.717) is 5.56 Å². The molecule has 0 atom stereocenters. The molecule has 13 heavy (non-hydrogen) atoms. The Balaban J connectivity index is 2.78. The van der Waals surface area contributed by atoms with Crippen LogP contribution in [-0.4, -0.2) is 11.8 Å². The summed E-state index contributed by atoms with van der Waals surface area (Å²) in [5, 5.41) is 14.5. The van der Waals surface area contributed by atoms with E-state index in [0.717, 1.165) is 5.56 Å². The Morgan fingerprint density at radius 3 is 2.15 bits per heavy atom. The molecule has 0 heterocycles. The molecule has 0 bridgehead atoms. The van der Waals surface area contributed by atoms with E-state index in [1.807, 2.05) is 19.1 Å². The highest BCUT2D eigenvalue weighted by Crippen LogP contribution is 2.04. The molecule has 0 unspecified atom stereocenters. The predicted molar refractivity (Wildman–Crippen MR) is 52.5 cm³/mol. The van der Waals surface area contributed by atoms with Crippen LogP contribution in [0.3, 0.4) is 0 Å². The fourth-order valence-corrected chi connectivity index (χ4v) is 0.917. The van der Waals surface area contributed by atoms with Crippen LogP contribution in [0.4, 0.5) is 0 Å². The maximum atomic E-state index is 7.47. The molecule has 0 saturated carbocycles. The van der Waals surface area contributed by atoms with Gasteiger partial charge in [-0.05, 0) is 19.1 Å². The first-order chi connectivity index (χ1) is 6.09. The van der Waals surface area contributed by atoms with Gasteiger partial charge in [0.15, 0.2) is 5.90 Å². The van der Waals surface area contributed by atoms with Crippen molar-refractivity contribution in [1.29, 1.82) is 10.8 Å². The number of aryl methyl sites for hydroxylation is 1. The minimum atomic E-state index is 0.0208. The second-order valence-corrected chi connectivity index (χ2v) is 2.85. The topological polar surface area (TPSA) is 56.9 Å². The summed E-state index contributed by atoms with van der Waals surface area (Å²) >= 11 is 0. The van der Waals surface area contributed by atoms with E-state index in [2.05, 4.69) is 0 Å². The zero-order valence-electron chi connectivity index (χ0n) is 7.72. The molecule has 3 heteroatoms. The molecule has 68 valence electrons. The number of hydrogen-bond acceptors (Lipinski definition) is 3. The average Bonchev–Trinajstić information content (AvgIpc) is 2.04. The highest BCUT2D eigenvalue weighted by atomic mass is 16.5. The molecule has 1 aromatic carbocycles. The van der Waals surface area contributed by atoms with Crippen molar-refractivity contribution in [3.8, 4) is 0 Å². The van der Waals surface area contributed by atoms with Gasteiger partial charge in [-0.25, -0.2) is 0 Å². The van der Waals surface area contributed by atoms with Crippen LogP contribution >= 0.6 is 0 Å². The molecule has 1 aromatic rings. The second-order valence-electron chi connectivity index (χ2n) is 2.85. The van der Waals surface area contributed by atoms with Gasteiger partial charge in [-0.2, -0.15) is 0 Å². The smallest absolute Gasteiger partial charge is 0.220 e. The molecule has 0 aliphatic rings. The summed E-state index contributed by atoms with van der Waals surface area (Å²) in [4.78, 5) is 0. The van der Waals surface area contributed by atoms with Crippen LogP contribution in [0.2, 0.25) is 0 Å². The van der Waals surface area contributed by atoms with Crippen LogP contribution in [0, 0.1) is 17.7 Å². The maximum Gasteiger partial charge on any atom is 0.220 e. The third-order valence-corrected chi connectivity index (χ3v) is 1.57. The molecule has 0 aliphatic heterocycles. The number of rotatable bonds is 1. The molecule has 1 rings (SSSR count). The fraction of sp³-hybridized carbons (Fsp3) is 0.200. The molecule has 0 aliphatic carbocycles. The number of benzene rings is 1. The van der Waals surface area contributed by atoms with Gasteiger partial charge in [0.25, 0.3) is 0 Å². The minimum Gasteiger partial charge on any atom is -0.426 e. The molecule has 0 amide bonds. The van der Waals surface area contributed by atoms with Crippen molar-refractivity contribution >= 4 is 11.8 Å². The van der Waals surface area contributed by atoms with Crippen LogP contribution in [0.15, 0.2) is 24.3 Å². The Kier molecular flexibility index (Phi) is 2.80. The molecule has 0 saturated heterocycles. The van der Waals surface area contributed by atoms with Gasteiger partial charge in [0, 0.05) is 12.5 Å². The minimum absolute atomic E-state index is 0.0208. The average molecular weight is 176 g/mol. The van der Waals surface area contributed by atoms with Crippen molar-refractivity contribution in [3.63, 3.8) is 0 Å². The van der Waals surface area contributed by atoms with E-state index in [1.54, 1.807) is 12.1 Å². The Morgan fingerprint density at radius 1 is 1.15 bits per heavy atom. The normalized spacial score (nSPS) is 9.38. The van der Waals surface area contributed by atoms with Crippen LogP contribution in [-0.2, 0) is 4.74 Å². The van der Waals surface area contributed by atoms with Gasteiger partial charge in [0.1, 0.15) is 0 Å². The van der Waals surface area contributed by atoms with Crippen molar-refractivity contribution < 1.29 is 4.74 Å². The Morgan fingerprint density at radius 2 is 1.69 bits per heavy atom. The van der Waals surface area contributed by atoms with E-state index >= 15 is 0 Å². The molecule has 0 fully saturated rings. The molecule has 0 aromatic heterocycles. The standard InChI is InChI=1S/C10H12N2O/c1-7-3-5-9(6-4-7)10(12)13-8(2)11/h3-6,11-12H,1-2H3. The van der Waals surface area contributed by atoms with Gasteiger partial charge < -0.3 is 4.74 Å². The van der Waals surface area contributed by atoms with E-state index in [-0.39, 0.29) is 11.8 Å². The van der Waals surface area contributed by atoms with Crippen molar-refractivity contribution in [1.82, 2.24) is 0 Å². The molecule has 2 N–H and O–H groups in total. The monoisotopic (exact) mass is 176 g/mol. The van der Waals surface area contributed by atoms with Gasteiger partial charge >= 0.3 is 0 Å². The van der Waals surface area contributed by atoms with E-state index in [4.69, 9.17) is 15.6 Å². The summed E-state index contributed by atoms with van der Waals surface area (Å²) in [5.41, 5.74) is 1.83. The van der Waals surface area contributed by atoms with Gasteiger partial charge in [-0.1, -0.05) is 17.7 Å². The summed E-state index contributed by atoms with van der Waals surface area (Å²) in [6, 6.07) is 7.43. The summed E-state index contributed by atoms with van der Waals surface area (Å²) in [6.45, 7) is 3.48. The summed E-state index contributed by atoms with van der Waals surface area (Å²) in [5.74, 6) is 0.0538. The first-order valence-electron chi connectivity index (χ1n) is 3.98. The quantitative estimate of drug-likeness (QED) is 0.500. The zero-order chi connectivity index (χ0) is 9.84. The lowest BCUT2D eigenvalue weighted by molar-refractivity contribution is 0.532. The summed E-state index contributed by atoms with van der Waals surface area (Å²) in [6.07, 6.45) is 0. The van der Waals surface area contributed by atoms with Gasteiger partial charge in [0.05, 0.1) is 0 Å². The first kappa shape index (κ1) is 9.45. The first-order valence-corrected chi connectivity index (χ1v) is 3.98. The number of ether oxygens (including phenoxy) is 1. The second kappa shape index (κ2) is 3.85. The maximum absolute atomic E-state index is 7.47. The van der Waals surface area contributed by atoms with Crippen LogP contribution in [0.25, 0.3) is 0 Å². The molecular formula is C10H12N2O. The van der Waals surface area contributed by atoms with E-state index in [9.17, 15) is 0 Å². The molecule has 0 spiro atoms. The van der Waals surface area contributed by atoms with Crippen LogP contribution in [0.1, 0.15) is 18.1 Å². The fourth-order valence-electron chi connectivity index (χ4n) is 0.917. The van der Waals surface area contributed by atoms with Crippen LogP contribution in [0.5, 0.6) is 0 Å². The Hall–Kier alpha value is -1.64. The van der Waals surface area contributed by atoms with Gasteiger partial charge in [0.2, 0.25) is 5.90 Å². The van der Waals surface area contributed by atoms with Crippen LogP contribution < -0.4 is 0 Å². The highest BCUT2D eigenvalue weighted by molar-refractivity contribution is 5.98. The molecule has 0 radical (unpaired) electrons. The Labute approximate surface area is 77.4 Å². The number of hydrogen-bond donors (Lipinski definition) is 2.